The molecule has 0 heterocycles. The fraction of sp³-hybridized carbons (Fsp3) is 0.941. The van der Waals surface area contributed by atoms with E-state index in [1.807, 2.05) is 0 Å². The summed E-state index contributed by atoms with van der Waals surface area (Å²) < 4.78 is 0. The Hall–Kier alpha value is -0.0400. The van der Waals surface area contributed by atoms with Crippen molar-refractivity contribution in [1.82, 2.24) is 15.5 Å². The predicted octanol–water partition coefficient (Wildman–Crippen LogP) is 3.08. The molecule has 0 aromatic heterocycles. The van der Waals surface area contributed by atoms with Gasteiger partial charge in [-0.05, 0) is 58.5 Å². The van der Waals surface area contributed by atoms with Crippen LogP contribution in [0.2, 0.25) is 0 Å². The minimum Gasteiger partial charge on any atom is -0.357 e. The summed E-state index contributed by atoms with van der Waals surface area (Å²) in [5.41, 5.74) is 0.250. The highest BCUT2D eigenvalue weighted by atomic mass is 127. The van der Waals surface area contributed by atoms with Crippen molar-refractivity contribution >= 4 is 29.9 Å². The van der Waals surface area contributed by atoms with Gasteiger partial charge in [0.1, 0.15) is 0 Å². The lowest BCUT2D eigenvalue weighted by atomic mass is 9.75. The van der Waals surface area contributed by atoms with Crippen LogP contribution < -0.4 is 10.6 Å². The molecule has 0 aromatic carbocycles. The van der Waals surface area contributed by atoms with E-state index < -0.39 is 0 Å². The minimum absolute atomic E-state index is 0. The molecule has 2 N–H and O–H groups in total. The lowest BCUT2D eigenvalue weighted by Crippen LogP contribution is -2.51. The van der Waals surface area contributed by atoms with Crippen molar-refractivity contribution in [2.24, 2.45) is 16.8 Å². The molecule has 0 saturated heterocycles. The first-order valence-corrected chi connectivity index (χ1v) is 8.75. The first-order chi connectivity index (χ1) is 10.1. The van der Waals surface area contributed by atoms with Crippen LogP contribution in [-0.2, 0) is 0 Å². The molecule has 2 aliphatic rings. The molecule has 0 aliphatic heterocycles. The zero-order chi connectivity index (χ0) is 15.3. The topological polar surface area (TPSA) is 39.7 Å². The van der Waals surface area contributed by atoms with Crippen LogP contribution in [-0.4, -0.2) is 50.1 Å². The quantitative estimate of drug-likeness (QED) is 0.393. The number of nitrogens with zero attached hydrogens (tertiary/aromatic N) is 2. The van der Waals surface area contributed by atoms with Crippen molar-refractivity contribution in [2.75, 3.05) is 33.7 Å². The second-order valence-electron chi connectivity index (χ2n) is 7.34. The van der Waals surface area contributed by atoms with Crippen LogP contribution in [0.15, 0.2) is 4.99 Å². The van der Waals surface area contributed by atoms with Crippen molar-refractivity contribution in [2.45, 2.75) is 57.9 Å². The highest BCUT2D eigenvalue weighted by molar-refractivity contribution is 14.0. The Kier molecular flexibility index (Phi) is 8.46. The van der Waals surface area contributed by atoms with E-state index in [1.165, 1.54) is 38.5 Å². The van der Waals surface area contributed by atoms with Crippen molar-refractivity contribution in [1.29, 1.82) is 0 Å². The molecule has 4 nitrogen and oxygen atoms in total. The molecule has 0 aromatic rings. The molecule has 2 saturated carbocycles. The number of aliphatic imine (C=N–C) groups is 1. The van der Waals surface area contributed by atoms with E-state index in [9.17, 15) is 0 Å². The molecule has 0 spiro atoms. The highest BCUT2D eigenvalue weighted by Crippen LogP contribution is 2.35. The van der Waals surface area contributed by atoms with E-state index in [1.54, 1.807) is 0 Å². The summed E-state index contributed by atoms with van der Waals surface area (Å²) in [7, 11) is 4.44. The van der Waals surface area contributed by atoms with Crippen LogP contribution in [0.5, 0.6) is 0 Å². The second kappa shape index (κ2) is 9.30. The van der Waals surface area contributed by atoms with Gasteiger partial charge in [-0.2, -0.15) is 0 Å². The van der Waals surface area contributed by atoms with Crippen LogP contribution in [0.4, 0.5) is 0 Å². The van der Waals surface area contributed by atoms with Crippen molar-refractivity contribution in [3.05, 3.63) is 0 Å². The number of guanidine groups is 1. The monoisotopic (exact) mass is 422 g/mol. The summed E-state index contributed by atoms with van der Waals surface area (Å²) in [6, 6.07) is 0. The molecule has 2 unspecified atom stereocenters. The minimum atomic E-state index is 0. The van der Waals surface area contributed by atoms with Gasteiger partial charge in [0, 0.05) is 18.6 Å². The average Bonchev–Trinajstić information content (AvgIpc) is 3.26. The van der Waals surface area contributed by atoms with Crippen LogP contribution in [0.3, 0.4) is 0 Å². The van der Waals surface area contributed by atoms with Gasteiger partial charge in [0.05, 0.1) is 6.54 Å². The van der Waals surface area contributed by atoms with Crippen molar-refractivity contribution in [3.8, 4) is 0 Å². The summed E-state index contributed by atoms with van der Waals surface area (Å²) in [4.78, 5) is 7.33. The summed E-state index contributed by atoms with van der Waals surface area (Å²) >= 11 is 0. The SMILES string of the molecule is CCNC(=NCC1(N(C)C)CCCC(C)C1)NCC1CC1.I. The van der Waals surface area contributed by atoms with Gasteiger partial charge >= 0.3 is 0 Å². The van der Waals surface area contributed by atoms with Crippen LogP contribution in [0, 0.1) is 11.8 Å². The van der Waals surface area contributed by atoms with Crippen LogP contribution >= 0.6 is 24.0 Å². The van der Waals surface area contributed by atoms with E-state index in [4.69, 9.17) is 4.99 Å². The molecular formula is C17H35IN4. The maximum Gasteiger partial charge on any atom is 0.191 e. The lowest BCUT2D eigenvalue weighted by molar-refractivity contribution is 0.0845. The molecule has 2 aliphatic carbocycles. The Bertz CT molecular complexity index is 355. The molecule has 5 heteroatoms. The van der Waals surface area contributed by atoms with E-state index in [0.717, 1.165) is 37.4 Å². The third kappa shape index (κ3) is 5.87. The number of hydrogen-bond acceptors (Lipinski definition) is 2. The molecular weight excluding hydrogens is 387 g/mol. The number of halogens is 1. The number of likely N-dealkylation sites (N-methyl/N-ethyl adjacent to an activating group) is 1. The van der Waals surface area contributed by atoms with Gasteiger partial charge < -0.3 is 15.5 Å². The lowest BCUT2D eigenvalue weighted by Gasteiger charge is -2.44. The fourth-order valence-corrected chi connectivity index (χ4v) is 3.45. The number of rotatable bonds is 6. The number of hydrogen-bond donors (Lipinski definition) is 2. The smallest absolute Gasteiger partial charge is 0.191 e. The standard InChI is InChI=1S/C17H34N4.HI/c1-5-18-16(19-12-15-8-9-15)20-13-17(21(3)4)10-6-7-14(2)11-17;/h14-15H,5-13H2,1-4H3,(H2,18,19,20);1H. The molecule has 0 radical (unpaired) electrons. The van der Waals surface area contributed by atoms with Crippen LogP contribution in [0.25, 0.3) is 0 Å². The first kappa shape index (κ1) is 20.0. The average molecular weight is 422 g/mol. The molecule has 0 amide bonds. The van der Waals surface area contributed by atoms with E-state index in [0.29, 0.717) is 0 Å². The normalized spacial score (nSPS) is 29.1. The zero-order valence-electron chi connectivity index (χ0n) is 14.8. The van der Waals surface area contributed by atoms with Gasteiger partial charge in [-0.1, -0.05) is 19.8 Å². The zero-order valence-corrected chi connectivity index (χ0v) is 17.2. The Morgan fingerprint density at radius 3 is 2.50 bits per heavy atom. The fourth-order valence-electron chi connectivity index (χ4n) is 3.45. The third-order valence-electron chi connectivity index (χ3n) is 5.15. The third-order valence-corrected chi connectivity index (χ3v) is 5.15. The van der Waals surface area contributed by atoms with Crippen molar-refractivity contribution in [3.63, 3.8) is 0 Å². The molecule has 0 bridgehead atoms. The van der Waals surface area contributed by atoms with E-state index in [-0.39, 0.29) is 29.5 Å². The van der Waals surface area contributed by atoms with Crippen LogP contribution in [0.1, 0.15) is 52.4 Å². The summed E-state index contributed by atoms with van der Waals surface area (Å²) in [5, 5.41) is 6.90. The summed E-state index contributed by atoms with van der Waals surface area (Å²) in [5.74, 6) is 2.70. The van der Waals surface area contributed by atoms with E-state index in [2.05, 4.69) is 43.5 Å². The maximum absolute atomic E-state index is 4.92. The Balaban J connectivity index is 0.00000242. The summed E-state index contributed by atoms with van der Waals surface area (Å²) in [6.07, 6.45) is 8.01. The molecule has 2 rings (SSSR count). The Labute approximate surface area is 153 Å². The van der Waals surface area contributed by atoms with Gasteiger partial charge in [0.15, 0.2) is 5.96 Å². The van der Waals surface area contributed by atoms with Crippen molar-refractivity contribution < 1.29 is 0 Å². The van der Waals surface area contributed by atoms with Gasteiger partial charge in [0.2, 0.25) is 0 Å². The first-order valence-electron chi connectivity index (χ1n) is 8.75. The predicted molar refractivity (Wildman–Crippen MR) is 106 cm³/mol. The van der Waals surface area contributed by atoms with Gasteiger partial charge in [-0.25, -0.2) is 0 Å². The number of nitrogens with one attached hydrogen (secondary N) is 2. The largest absolute Gasteiger partial charge is 0.357 e. The highest BCUT2D eigenvalue weighted by Gasteiger charge is 2.36. The molecule has 2 fully saturated rings. The van der Waals surface area contributed by atoms with Gasteiger partial charge in [-0.15, -0.1) is 24.0 Å². The summed E-state index contributed by atoms with van der Waals surface area (Å²) in [6.45, 7) is 7.44. The molecule has 22 heavy (non-hydrogen) atoms. The Morgan fingerprint density at radius 2 is 1.95 bits per heavy atom. The van der Waals surface area contributed by atoms with Gasteiger partial charge in [-0.3, -0.25) is 4.99 Å². The Morgan fingerprint density at radius 1 is 1.23 bits per heavy atom. The van der Waals surface area contributed by atoms with Gasteiger partial charge in [0.25, 0.3) is 0 Å². The maximum atomic E-state index is 4.92. The second-order valence-corrected chi connectivity index (χ2v) is 7.34. The van der Waals surface area contributed by atoms with E-state index >= 15 is 0 Å². The molecule has 2 atom stereocenters. The molecule has 130 valence electrons.